The Morgan fingerprint density at radius 3 is 3.24 bits per heavy atom. The number of rotatable bonds is 5. The van der Waals surface area contributed by atoms with E-state index >= 15 is 0 Å². The van der Waals surface area contributed by atoms with Gasteiger partial charge in [0.1, 0.15) is 0 Å². The van der Waals surface area contributed by atoms with Crippen LogP contribution in [-0.4, -0.2) is 29.0 Å². The Balaban J connectivity index is 1.87. The first-order valence-electron chi connectivity index (χ1n) is 5.84. The largest absolute Gasteiger partial charge is 0.364 e. The summed E-state index contributed by atoms with van der Waals surface area (Å²) >= 11 is 0. The zero-order valence-electron chi connectivity index (χ0n) is 9.56. The second-order valence-corrected chi connectivity index (χ2v) is 4.14. The highest BCUT2D eigenvalue weighted by molar-refractivity contribution is 5.54. The molecule has 1 aromatic heterocycles. The van der Waals surface area contributed by atoms with Crippen molar-refractivity contribution in [1.29, 1.82) is 0 Å². The molecule has 2 rings (SSSR count). The Hall–Kier alpha value is -1.69. The maximum atomic E-state index is 10.8. The summed E-state index contributed by atoms with van der Waals surface area (Å²) < 4.78 is 0. The lowest BCUT2D eigenvalue weighted by atomic mass is 10.1. The van der Waals surface area contributed by atoms with Crippen LogP contribution in [-0.2, 0) is 0 Å². The molecule has 92 valence electrons. The molecule has 1 fully saturated rings. The molecule has 6 heteroatoms. The van der Waals surface area contributed by atoms with Crippen molar-refractivity contribution in [1.82, 2.24) is 10.3 Å². The van der Waals surface area contributed by atoms with Gasteiger partial charge in [-0.25, -0.2) is 4.98 Å². The van der Waals surface area contributed by atoms with Crippen LogP contribution in [0.4, 0.5) is 11.5 Å². The minimum atomic E-state index is -0.414. The summed E-state index contributed by atoms with van der Waals surface area (Å²) in [4.78, 5) is 14.3. The molecule has 1 aliphatic heterocycles. The standard InChI is InChI=1S/C11H16N4O2/c16-15(17)10-4-2-7-13-11(10)14-8-5-9-3-1-6-12-9/h2,4,7,9,12H,1,3,5-6,8H2,(H,13,14)/t9-/m0/s1. The SMILES string of the molecule is O=[N+]([O-])c1cccnc1NCC[C@@H]1CCCN1. The average Bonchev–Trinajstić information content (AvgIpc) is 2.82. The van der Waals surface area contributed by atoms with Crippen molar-refractivity contribution in [3.63, 3.8) is 0 Å². The quantitative estimate of drug-likeness (QED) is 0.598. The van der Waals surface area contributed by atoms with Gasteiger partial charge in [-0.2, -0.15) is 0 Å². The molecule has 0 unspecified atom stereocenters. The summed E-state index contributed by atoms with van der Waals surface area (Å²) in [5, 5.41) is 17.2. The number of hydrogen-bond donors (Lipinski definition) is 2. The highest BCUT2D eigenvalue weighted by atomic mass is 16.6. The van der Waals surface area contributed by atoms with Crippen molar-refractivity contribution in [2.75, 3.05) is 18.4 Å². The van der Waals surface area contributed by atoms with Crippen LogP contribution < -0.4 is 10.6 Å². The monoisotopic (exact) mass is 236 g/mol. The molecule has 2 heterocycles. The third-order valence-electron chi connectivity index (χ3n) is 2.93. The minimum absolute atomic E-state index is 0.0341. The van der Waals surface area contributed by atoms with E-state index in [1.807, 2.05) is 0 Å². The van der Waals surface area contributed by atoms with Crippen LogP contribution >= 0.6 is 0 Å². The predicted molar refractivity (Wildman–Crippen MR) is 65.0 cm³/mol. The van der Waals surface area contributed by atoms with E-state index in [9.17, 15) is 10.1 Å². The third kappa shape index (κ3) is 3.13. The molecule has 2 N–H and O–H groups in total. The van der Waals surface area contributed by atoms with Gasteiger partial charge in [-0.1, -0.05) is 0 Å². The molecule has 0 amide bonds. The molecule has 0 aromatic carbocycles. The van der Waals surface area contributed by atoms with Gasteiger partial charge in [0.15, 0.2) is 0 Å². The van der Waals surface area contributed by atoms with Crippen LogP contribution in [0.5, 0.6) is 0 Å². The second-order valence-electron chi connectivity index (χ2n) is 4.14. The predicted octanol–water partition coefficient (Wildman–Crippen LogP) is 1.54. The molecule has 1 aliphatic rings. The summed E-state index contributed by atoms with van der Waals surface area (Å²) in [5.41, 5.74) is 0.0341. The van der Waals surface area contributed by atoms with Gasteiger partial charge in [-0.3, -0.25) is 10.1 Å². The topological polar surface area (TPSA) is 80.1 Å². The Labute approximate surface area is 99.6 Å². The first-order valence-corrected chi connectivity index (χ1v) is 5.84. The van der Waals surface area contributed by atoms with Crippen molar-refractivity contribution >= 4 is 11.5 Å². The van der Waals surface area contributed by atoms with Gasteiger partial charge < -0.3 is 10.6 Å². The first kappa shape index (κ1) is 11.8. The number of anilines is 1. The van der Waals surface area contributed by atoms with E-state index in [1.165, 1.54) is 18.9 Å². The van der Waals surface area contributed by atoms with E-state index in [1.54, 1.807) is 12.3 Å². The fraction of sp³-hybridized carbons (Fsp3) is 0.545. The molecular formula is C11H16N4O2. The zero-order chi connectivity index (χ0) is 12.1. The lowest BCUT2D eigenvalue weighted by Crippen LogP contribution is -2.24. The van der Waals surface area contributed by atoms with Crippen molar-refractivity contribution in [2.45, 2.75) is 25.3 Å². The van der Waals surface area contributed by atoms with E-state index in [0.29, 0.717) is 18.4 Å². The summed E-state index contributed by atoms with van der Waals surface area (Å²) in [6, 6.07) is 3.57. The maximum Gasteiger partial charge on any atom is 0.311 e. The maximum absolute atomic E-state index is 10.8. The Morgan fingerprint density at radius 1 is 1.65 bits per heavy atom. The highest BCUT2D eigenvalue weighted by Gasteiger charge is 2.16. The van der Waals surface area contributed by atoms with Crippen molar-refractivity contribution in [3.05, 3.63) is 28.4 Å². The van der Waals surface area contributed by atoms with Crippen LogP contribution in [0.15, 0.2) is 18.3 Å². The number of nitro groups is 1. The Bertz CT molecular complexity index is 391. The highest BCUT2D eigenvalue weighted by Crippen LogP contribution is 2.20. The molecule has 1 saturated heterocycles. The van der Waals surface area contributed by atoms with Gasteiger partial charge in [0.05, 0.1) is 4.92 Å². The van der Waals surface area contributed by atoms with E-state index in [2.05, 4.69) is 15.6 Å². The van der Waals surface area contributed by atoms with Gasteiger partial charge in [0.2, 0.25) is 5.82 Å². The second kappa shape index (κ2) is 5.58. The number of pyridine rings is 1. The Kier molecular flexibility index (Phi) is 3.87. The van der Waals surface area contributed by atoms with Gasteiger partial charge in [0.25, 0.3) is 0 Å². The molecule has 0 saturated carbocycles. The smallest absolute Gasteiger partial charge is 0.311 e. The normalized spacial score (nSPS) is 19.2. The van der Waals surface area contributed by atoms with Gasteiger partial charge in [0, 0.05) is 24.8 Å². The number of nitrogens with zero attached hydrogens (tertiary/aromatic N) is 2. The van der Waals surface area contributed by atoms with Crippen LogP contribution in [0.3, 0.4) is 0 Å². The molecule has 0 bridgehead atoms. The van der Waals surface area contributed by atoms with Crippen molar-refractivity contribution in [3.8, 4) is 0 Å². The molecule has 0 spiro atoms. The average molecular weight is 236 g/mol. The van der Waals surface area contributed by atoms with Crippen LogP contribution in [0, 0.1) is 10.1 Å². The van der Waals surface area contributed by atoms with Gasteiger partial charge in [-0.15, -0.1) is 0 Å². The fourth-order valence-electron chi connectivity index (χ4n) is 2.05. The lowest BCUT2D eigenvalue weighted by molar-refractivity contribution is -0.384. The van der Waals surface area contributed by atoms with Crippen LogP contribution in [0.25, 0.3) is 0 Å². The molecule has 1 aromatic rings. The van der Waals surface area contributed by atoms with Crippen LogP contribution in [0.1, 0.15) is 19.3 Å². The minimum Gasteiger partial charge on any atom is -0.364 e. The fourth-order valence-corrected chi connectivity index (χ4v) is 2.05. The Morgan fingerprint density at radius 2 is 2.53 bits per heavy atom. The third-order valence-corrected chi connectivity index (χ3v) is 2.93. The molecule has 0 aliphatic carbocycles. The first-order chi connectivity index (χ1) is 8.27. The summed E-state index contributed by atoms with van der Waals surface area (Å²) in [7, 11) is 0. The van der Waals surface area contributed by atoms with E-state index in [4.69, 9.17) is 0 Å². The molecule has 6 nitrogen and oxygen atoms in total. The van der Waals surface area contributed by atoms with Crippen molar-refractivity contribution < 1.29 is 4.92 Å². The number of hydrogen-bond acceptors (Lipinski definition) is 5. The van der Waals surface area contributed by atoms with Gasteiger partial charge >= 0.3 is 5.69 Å². The van der Waals surface area contributed by atoms with E-state index in [-0.39, 0.29) is 5.69 Å². The molecule has 0 radical (unpaired) electrons. The van der Waals surface area contributed by atoms with Crippen molar-refractivity contribution in [2.24, 2.45) is 0 Å². The number of aromatic nitrogens is 1. The summed E-state index contributed by atoms with van der Waals surface area (Å²) in [5.74, 6) is 0.357. The number of nitrogens with one attached hydrogen (secondary N) is 2. The molecule has 17 heavy (non-hydrogen) atoms. The van der Waals surface area contributed by atoms with Crippen LogP contribution in [0.2, 0.25) is 0 Å². The molecular weight excluding hydrogens is 220 g/mol. The zero-order valence-corrected chi connectivity index (χ0v) is 9.56. The van der Waals surface area contributed by atoms with E-state index < -0.39 is 4.92 Å². The summed E-state index contributed by atoms with van der Waals surface area (Å²) in [6.07, 6.45) is 4.93. The van der Waals surface area contributed by atoms with Gasteiger partial charge in [-0.05, 0) is 31.9 Å². The lowest BCUT2D eigenvalue weighted by Gasteiger charge is -2.10. The van der Waals surface area contributed by atoms with E-state index in [0.717, 1.165) is 13.0 Å². The summed E-state index contributed by atoms with van der Waals surface area (Å²) in [6.45, 7) is 1.78. The molecule has 1 atom stereocenters.